The van der Waals surface area contributed by atoms with Crippen LogP contribution in [0.25, 0.3) is 10.2 Å². The molecule has 1 amide bonds. The molecular formula is C16H19N5OS2. The molecular weight excluding hydrogens is 342 g/mol. The summed E-state index contributed by atoms with van der Waals surface area (Å²) in [5.41, 5.74) is 1.02. The van der Waals surface area contributed by atoms with E-state index in [1.165, 1.54) is 16.5 Å². The first-order valence-corrected chi connectivity index (χ1v) is 9.62. The number of amides is 1. The van der Waals surface area contributed by atoms with Gasteiger partial charge in [0.2, 0.25) is 11.1 Å². The van der Waals surface area contributed by atoms with Crippen LogP contribution in [0.15, 0.2) is 29.4 Å². The number of benzene rings is 1. The molecule has 0 spiro atoms. The second kappa shape index (κ2) is 7.76. The molecule has 3 aromatic rings. The summed E-state index contributed by atoms with van der Waals surface area (Å²) < 4.78 is 1.18. The second-order valence-electron chi connectivity index (χ2n) is 5.43. The summed E-state index contributed by atoms with van der Waals surface area (Å²) in [6.07, 6.45) is 0.805. The molecule has 24 heavy (non-hydrogen) atoms. The summed E-state index contributed by atoms with van der Waals surface area (Å²) in [7, 11) is 0. The number of carbonyl (C=O) groups is 1. The van der Waals surface area contributed by atoms with Crippen molar-refractivity contribution in [2.45, 2.75) is 31.3 Å². The van der Waals surface area contributed by atoms with Crippen LogP contribution in [0.1, 0.15) is 30.6 Å². The molecule has 0 radical (unpaired) electrons. The van der Waals surface area contributed by atoms with Crippen LogP contribution >= 0.6 is 23.1 Å². The molecule has 6 nitrogen and oxygen atoms in total. The number of fused-ring (bicyclic) bond motifs is 1. The number of aryl methyl sites for hydroxylation is 1. The van der Waals surface area contributed by atoms with Crippen LogP contribution in [0.3, 0.4) is 0 Å². The number of hydrogen-bond donors (Lipinski definition) is 2. The van der Waals surface area contributed by atoms with E-state index in [1.807, 2.05) is 25.1 Å². The van der Waals surface area contributed by atoms with Gasteiger partial charge in [0.05, 0.1) is 21.0 Å². The minimum Gasteiger partial charge on any atom is -0.355 e. The highest BCUT2D eigenvalue weighted by Crippen LogP contribution is 2.26. The topological polar surface area (TPSA) is 83.6 Å². The lowest BCUT2D eigenvalue weighted by Crippen LogP contribution is -2.29. The number of H-pyrrole nitrogens is 1. The Bertz CT molecular complexity index is 796. The quantitative estimate of drug-likeness (QED) is 0.632. The Balaban J connectivity index is 1.48. The SMILES string of the molecule is CCc1nc(SCC(=O)NCC(C)c2nc3ccccc3s2)n[nH]1. The van der Waals surface area contributed by atoms with E-state index in [2.05, 4.69) is 38.5 Å². The summed E-state index contributed by atoms with van der Waals surface area (Å²) in [5.74, 6) is 1.32. The van der Waals surface area contributed by atoms with Crippen molar-refractivity contribution in [2.75, 3.05) is 12.3 Å². The van der Waals surface area contributed by atoms with E-state index in [4.69, 9.17) is 0 Å². The van der Waals surface area contributed by atoms with Crippen molar-refractivity contribution in [3.8, 4) is 0 Å². The molecule has 0 saturated carbocycles. The largest absolute Gasteiger partial charge is 0.355 e. The minimum absolute atomic E-state index is 0.0178. The molecule has 3 rings (SSSR count). The van der Waals surface area contributed by atoms with Crippen molar-refractivity contribution in [2.24, 2.45) is 0 Å². The van der Waals surface area contributed by atoms with Crippen LogP contribution in [0.4, 0.5) is 0 Å². The van der Waals surface area contributed by atoms with Gasteiger partial charge >= 0.3 is 0 Å². The first-order valence-electron chi connectivity index (χ1n) is 7.82. The number of para-hydroxylation sites is 1. The fourth-order valence-electron chi connectivity index (χ4n) is 2.14. The van der Waals surface area contributed by atoms with Gasteiger partial charge in [0.25, 0.3) is 0 Å². The van der Waals surface area contributed by atoms with Crippen molar-refractivity contribution in [3.63, 3.8) is 0 Å². The summed E-state index contributed by atoms with van der Waals surface area (Å²) in [5, 5.41) is 11.5. The average Bonchev–Trinajstić information content (AvgIpc) is 3.24. The Kier molecular flexibility index (Phi) is 5.47. The summed E-state index contributed by atoms with van der Waals surface area (Å²) >= 11 is 3.02. The van der Waals surface area contributed by atoms with Crippen molar-refractivity contribution >= 4 is 39.2 Å². The maximum atomic E-state index is 12.0. The first kappa shape index (κ1) is 16.9. The third kappa shape index (κ3) is 4.12. The maximum absolute atomic E-state index is 12.0. The van der Waals surface area contributed by atoms with E-state index < -0.39 is 0 Å². The van der Waals surface area contributed by atoms with E-state index in [-0.39, 0.29) is 11.8 Å². The van der Waals surface area contributed by atoms with Gasteiger partial charge < -0.3 is 5.32 Å². The highest BCUT2D eigenvalue weighted by molar-refractivity contribution is 7.99. The molecule has 2 heterocycles. The zero-order valence-electron chi connectivity index (χ0n) is 13.6. The predicted molar refractivity (Wildman–Crippen MR) is 97.5 cm³/mol. The van der Waals surface area contributed by atoms with Crippen molar-refractivity contribution < 1.29 is 4.79 Å². The predicted octanol–water partition coefficient (Wildman–Crippen LogP) is 2.99. The number of carbonyl (C=O) groups excluding carboxylic acids is 1. The highest BCUT2D eigenvalue weighted by Gasteiger charge is 2.13. The molecule has 0 aliphatic carbocycles. The molecule has 0 fully saturated rings. The van der Waals surface area contributed by atoms with Gasteiger partial charge in [-0.1, -0.05) is 37.7 Å². The second-order valence-corrected chi connectivity index (χ2v) is 7.44. The van der Waals surface area contributed by atoms with Crippen molar-refractivity contribution in [3.05, 3.63) is 35.1 Å². The number of aromatic amines is 1. The third-order valence-electron chi connectivity index (χ3n) is 3.52. The lowest BCUT2D eigenvalue weighted by atomic mass is 10.2. The molecule has 2 N–H and O–H groups in total. The Morgan fingerprint density at radius 3 is 2.96 bits per heavy atom. The molecule has 1 unspecified atom stereocenters. The molecule has 126 valence electrons. The van der Waals surface area contributed by atoms with Crippen LogP contribution in [0.5, 0.6) is 0 Å². The molecule has 1 atom stereocenters. The summed E-state index contributed by atoms with van der Waals surface area (Å²) in [4.78, 5) is 20.9. The molecule has 0 saturated heterocycles. The van der Waals surface area contributed by atoms with E-state index in [1.54, 1.807) is 11.3 Å². The van der Waals surface area contributed by atoms with Crippen LogP contribution in [0, 0.1) is 0 Å². The first-order chi connectivity index (χ1) is 11.7. The van der Waals surface area contributed by atoms with Gasteiger partial charge in [-0.05, 0) is 12.1 Å². The number of aromatic nitrogens is 4. The van der Waals surface area contributed by atoms with E-state index >= 15 is 0 Å². The fraction of sp³-hybridized carbons (Fsp3) is 0.375. The van der Waals surface area contributed by atoms with Gasteiger partial charge in [0, 0.05) is 18.9 Å². The molecule has 0 bridgehead atoms. The van der Waals surface area contributed by atoms with E-state index in [9.17, 15) is 4.79 Å². The van der Waals surface area contributed by atoms with Crippen LogP contribution in [-0.4, -0.2) is 38.4 Å². The number of thiazole rings is 1. The Labute approximate surface area is 148 Å². The van der Waals surface area contributed by atoms with E-state index in [0.29, 0.717) is 17.5 Å². The molecule has 8 heteroatoms. The molecule has 0 aliphatic rings. The molecule has 1 aromatic carbocycles. The Hall–Kier alpha value is -1.93. The summed E-state index contributed by atoms with van der Waals surface area (Å²) in [6.45, 7) is 4.66. The van der Waals surface area contributed by atoms with Gasteiger partial charge in [0.15, 0.2) is 0 Å². The van der Waals surface area contributed by atoms with Gasteiger partial charge in [-0.2, -0.15) is 0 Å². The van der Waals surface area contributed by atoms with Gasteiger partial charge in [-0.25, -0.2) is 9.97 Å². The van der Waals surface area contributed by atoms with Crippen LogP contribution < -0.4 is 5.32 Å². The minimum atomic E-state index is -0.0178. The zero-order chi connectivity index (χ0) is 16.9. The third-order valence-corrected chi connectivity index (χ3v) is 5.63. The Morgan fingerprint density at radius 1 is 1.38 bits per heavy atom. The maximum Gasteiger partial charge on any atom is 0.230 e. The number of hydrogen-bond acceptors (Lipinski definition) is 6. The van der Waals surface area contributed by atoms with Crippen LogP contribution in [-0.2, 0) is 11.2 Å². The van der Waals surface area contributed by atoms with E-state index in [0.717, 1.165) is 22.8 Å². The van der Waals surface area contributed by atoms with Crippen LogP contribution in [0.2, 0.25) is 0 Å². The Morgan fingerprint density at radius 2 is 2.21 bits per heavy atom. The average molecular weight is 361 g/mol. The number of nitrogens with zero attached hydrogens (tertiary/aromatic N) is 3. The lowest BCUT2D eigenvalue weighted by molar-refractivity contribution is -0.118. The number of rotatable bonds is 7. The number of thioether (sulfide) groups is 1. The van der Waals surface area contributed by atoms with Gasteiger partial charge in [0.1, 0.15) is 5.82 Å². The molecule has 2 aromatic heterocycles. The smallest absolute Gasteiger partial charge is 0.230 e. The fourth-order valence-corrected chi connectivity index (χ4v) is 3.80. The normalized spacial score (nSPS) is 12.4. The highest BCUT2D eigenvalue weighted by atomic mass is 32.2. The monoisotopic (exact) mass is 361 g/mol. The van der Waals surface area contributed by atoms with Crippen molar-refractivity contribution in [1.82, 2.24) is 25.5 Å². The zero-order valence-corrected chi connectivity index (χ0v) is 15.2. The molecule has 0 aliphatic heterocycles. The number of nitrogens with one attached hydrogen (secondary N) is 2. The van der Waals surface area contributed by atoms with Gasteiger partial charge in [-0.3, -0.25) is 9.89 Å². The standard InChI is InChI=1S/C16H19N5OS2/c1-3-13-19-16(21-20-13)23-9-14(22)17-8-10(2)15-18-11-6-4-5-7-12(11)24-15/h4-7,10H,3,8-9H2,1-2H3,(H,17,22)(H,19,20,21). The summed E-state index contributed by atoms with van der Waals surface area (Å²) in [6, 6.07) is 8.09. The van der Waals surface area contributed by atoms with Crippen molar-refractivity contribution in [1.29, 1.82) is 0 Å². The lowest BCUT2D eigenvalue weighted by Gasteiger charge is -2.09. The van der Waals surface area contributed by atoms with Gasteiger partial charge in [-0.15, -0.1) is 16.4 Å².